The lowest BCUT2D eigenvalue weighted by atomic mass is 10.0. The van der Waals surface area contributed by atoms with Crippen molar-refractivity contribution in [3.8, 4) is 0 Å². The molecular weight excluding hydrogens is 217 g/mol. The van der Waals surface area contributed by atoms with Crippen LogP contribution in [0.25, 0.3) is 0 Å². The summed E-state index contributed by atoms with van der Waals surface area (Å²) in [5.74, 6) is 0.134. The molecule has 0 spiro atoms. The zero-order valence-electron chi connectivity index (χ0n) is 7.87. The summed E-state index contributed by atoms with van der Waals surface area (Å²) >= 11 is 5.78. The Balaban J connectivity index is 2.42. The summed E-state index contributed by atoms with van der Waals surface area (Å²) in [6.45, 7) is 0. The third-order valence-corrected chi connectivity index (χ3v) is 2.39. The lowest BCUT2D eigenvalue weighted by Crippen LogP contribution is -2.18. The van der Waals surface area contributed by atoms with Crippen molar-refractivity contribution in [3.63, 3.8) is 0 Å². The van der Waals surface area contributed by atoms with Crippen LogP contribution in [0.3, 0.4) is 0 Å². The minimum atomic E-state index is -0.339. The molecule has 3 nitrogen and oxygen atoms in total. The van der Waals surface area contributed by atoms with Crippen molar-refractivity contribution in [3.05, 3.63) is 34.6 Å². The van der Waals surface area contributed by atoms with Gasteiger partial charge in [-0.05, 0) is 24.6 Å². The van der Waals surface area contributed by atoms with Crippen molar-refractivity contribution in [2.24, 2.45) is 15.9 Å². The van der Waals surface area contributed by atoms with Crippen molar-refractivity contribution in [2.45, 2.75) is 12.8 Å². The molecule has 1 heterocycles. The fourth-order valence-electron chi connectivity index (χ4n) is 1.38. The predicted molar refractivity (Wildman–Crippen MR) is 58.8 cm³/mol. The number of hydrogen-bond donors (Lipinski definition) is 1. The van der Waals surface area contributed by atoms with Gasteiger partial charge >= 0.3 is 0 Å². The van der Waals surface area contributed by atoms with Crippen LogP contribution in [0.15, 0.2) is 28.4 Å². The molecule has 1 aromatic carbocycles. The number of hydrogen-bond acceptors (Lipinski definition) is 3. The van der Waals surface area contributed by atoms with E-state index < -0.39 is 0 Å². The quantitative estimate of drug-likeness (QED) is 0.784. The number of nitrogens with zero attached hydrogens (tertiary/aromatic N) is 2. The second kappa shape index (κ2) is 3.98. The number of benzene rings is 1. The van der Waals surface area contributed by atoms with E-state index in [0.717, 1.165) is 0 Å². The molecule has 5 heteroatoms. The van der Waals surface area contributed by atoms with Crippen LogP contribution in [0.5, 0.6) is 0 Å². The van der Waals surface area contributed by atoms with Gasteiger partial charge in [0.15, 0.2) is 0 Å². The molecule has 0 bridgehead atoms. The summed E-state index contributed by atoms with van der Waals surface area (Å²) in [4.78, 5) is 0. The van der Waals surface area contributed by atoms with E-state index in [4.69, 9.17) is 17.3 Å². The van der Waals surface area contributed by atoms with Crippen molar-refractivity contribution in [1.82, 2.24) is 0 Å². The molecule has 0 radical (unpaired) electrons. The van der Waals surface area contributed by atoms with Gasteiger partial charge in [0.25, 0.3) is 0 Å². The minimum Gasteiger partial charge on any atom is -0.386 e. The zero-order chi connectivity index (χ0) is 10.8. The van der Waals surface area contributed by atoms with Crippen LogP contribution in [0, 0.1) is 5.82 Å². The van der Waals surface area contributed by atoms with Crippen LogP contribution in [-0.2, 0) is 0 Å². The van der Waals surface area contributed by atoms with Gasteiger partial charge in [-0.25, -0.2) is 4.39 Å². The second-order valence-electron chi connectivity index (χ2n) is 3.26. The Bertz CT molecular complexity index is 454. The first kappa shape index (κ1) is 10.1. The van der Waals surface area contributed by atoms with Crippen LogP contribution in [-0.4, -0.2) is 11.5 Å². The lowest BCUT2D eigenvalue weighted by molar-refractivity contribution is 0.624. The first-order valence-corrected chi connectivity index (χ1v) is 4.89. The van der Waals surface area contributed by atoms with Gasteiger partial charge in [0.2, 0.25) is 0 Å². The molecule has 0 unspecified atom stereocenters. The summed E-state index contributed by atoms with van der Waals surface area (Å²) < 4.78 is 13.4. The fraction of sp³-hybridized carbons (Fsp3) is 0.200. The first-order valence-electron chi connectivity index (χ1n) is 4.51. The molecule has 78 valence electrons. The third-order valence-electron chi connectivity index (χ3n) is 2.16. The molecule has 2 rings (SSSR count). The van der Waals surface area contributed by atoms with Crippen molar-refractivity contribution in [2.75, 3.05) is 0 Å². The summed E-state index contributed by atoms with van der Waals surface area (Å²) in [5.41, 5.74) is 6.45. The van der Waals surface area contributed by atoms with E-state index in [1.807, 2.05) is 0 Å². The zero-order valence-corrected chi connectivity index (χ0v) is 8.63. The maximum absolute atomic E-state index is 13.4. The van der Waals surface area contributed by atoms with Gasteiger partial charge in [0.1, 0.15) is 11.7 Å². The normalized spacial score (nSPS) is 15.9. The Morgan fingerprint density at radius 2 is 2.07 bits per heavy atom. The van der Waals surface area contributed by atoms with Gasteiger partial charge in [0, 0.05) is 17.0 Å². The molecule has 1 aromatic rings. The highest BCUT2D eigenvalue weighted by Gasteiger charge is 2.13. The first-order chi connectivity index (χ1) is 7.16. The third kappa shape index (κ3) is 2.15. The molecule has 0 saturated heterocycles. The van der Waals surface area contributed by atoms with Crippen LogP contribution in [0.2, 0.25) is 5.02 Å². The largest absolute Gasteiger partial charge is 0.386 e. The van der Waals surface area contributed by atoms with Gasteiger partial charge in [-0.2, -0.15) is 5.10 Å². The van der Waals surface area contributed by atoms with Crippen LogP contribution >= 0.6 is 11.6 Å². The Hall–Kier alpha value is -1.42. The number of nitrogens with two attached hydrogens (primary N) is 1. The molecule has 0 amide bonds. The highest BCUT2D eigenvalue weighted by Crippen LogP contribution is 2.19. The molecule has 15 heavy (non-hydrogen) atoms. The summed E-state index contributed by atoms with van der Waals surface area (Å²) in [5, 5.41) is 8.08. The van der Waals surface area contributed by atoms with Crippen molar-refractivity contribution < 1.29 is 4.39 Å². The van der Waals surface area contributed by atoms with Crippen molar-refractivity contribution in [1.29, 1.82) is 0 Å². The molecule has 0 aliphatic carbocycles. The standard InChI is InChI=1S/C10H9ClFN3/c11-6-1-2-8(12)7(5-6)9-3-4-10(13)15-14-9/h1-2,5H,3-4H2,(H2,13,15). The number of amidine groups is 1. The average Bonchev–Trinajstić information content (AvgIpc) is 2.23. The average molecular weight is 226 g/mol. The maximum atomic E-state index is 13.4. The van der Waals surface area contributed by atoms with Crippen molar-refractivity contribution >= 4 is 23.1 Å². The topological polar surface area (TPSA) is 50.7 Å². The highest BCUT2D eigenvalue weighted by atomic mass is 35.5. The Labute approximate surface area is 91.5 Å². The molecule has 0 saturated carbocycles. The Morgan fingerprint density at radius 1 is 1.27 bits per heavy atom. The monoisotopic (exact) mass is 225 g/mol. The molecular formula is C10H9ClFN3. The van der Waals surface area contributed by atoms with Gasteiger partial charge in [-0.3, -0.25) is 0 Å². The second-order valence-corrected chi connectivity index (χ2v) is 3.70. The van der Waals surface area contributed by atoms with E-state index in [1.165, 1.54) is 12.1 Å². The predicted octanol–water partition coefficient (Wildman–Crippen LogP) is 2.33. The Morgan fingerprint density at radius 3 is 2.73 bits per heavy atom. The Kier molecular flexibility index (Phi) is 2.68. The molecule has 0 atom stereocenters. The molecule has 0 fully saturated rings. The summed E-state index contributed by atoms with van der Waals surface area (Å²) in [7, 11) is 0. The van der Waals surface area contributed by atoms with Gasteiger partial charge in [-0.1, -0.05) is 11.6 Å². The summed E-state index contributed by atoms with van der Waals surface area (Å²) in [6.07, 6.45) is 1.19. The van der Waals surface area contributed by atoms with E-state index in [2.05, 4.69) is 10.2 Å². The SMILES string of the molecule is NC1=NN=C(c2cc(Cl)ccc2F)CC1. The van der Waals surface area contributed by atoms with E-state index in [9.17, 15) is 4.39 Å². The summed E-state index contributed by atoms with van der Waals surface area (Å²) in [6, 6.07) is 4.37. The van der Waals surface area contributed by atoms with Crippen LogP contribution in [0.4, 0.5) is 4.39 Å². The maximum Gasteiger partial charge on any atom is 0.132 e. The van der Waals surface area contributed by atoms with Crippen LogP contribution < -0.4 is 5.73 Å². The molecule has 0 aromatic heterocycles. The minimum absolute atomic E-state index is 0.339. The van der Waals surface area contributed by atoms with E-state index >= 15 is 0 Å². The van der Waals surface area contributed by atoms with Gasteiger partial charge in [-0.15, -0.1) is 5.10 Å². The molecule has 2 N–H and O–H groups in total. The fourth-order valence-corrected chi connectivity index (χ4v) is 1.55. The van der Waals surface area contributed by atoms with E-state index in [-0.39, 0.29) is 5.82 Å². The molecule has 1 aliphatic rings. The number of halogens is 2. The van der Waals surface area contributed by atoms with Crippen LogP contribution in [0.1, 0.15) is 18.4 Å². The van der Waals surface area contributed by atoms with Gasteiger partial charge in [0.05, 0.1) is 5.71 Å². The van der Waals surface area contributed by atoms with E-state index in [1.54, 1.807) is 6.07 Å². The van der Waals surface area contributed by atoms with E-state index in [0.29, 0.717) is 35.0 Å². The molecule has 1 aliphatic heterocycles. The van der Waals surface area contributed by atoms with Gasteiger partial charge < -0.3 is 5.73 Å². The lowest BCUT2D eigenvalue weighted by Gasteiger charge is -2.10. The smallest absolute Gasteiger partial charge is 0.132 e. The number of rotatable bonds is 1. The highest BCUT2D eigenvalue weighted by molar-refractivity contribution is 6.31.